The van der Waals surface area contributed by atoms with E-state index in [4.69, 9.17) is 19.9 Å². The number of hydrogen-bond donors (Lipinski definition) is 2. The van der Waals surface area contributed by atoms with Crippen LogP contribution in [0.5, 0.6) is 0 Å². The number of aromatic nitrogens is 6. The van der Waals surface area contributed by atoms with Gasteiger partial charge in [0.1, 0.15) is 0 Å². The van der Waals surface area contributed by atoms with E-state index in [1.54, 1.807) is 0 Å². The first kappa shape index (κ1) is 54.5. The molecule has 5 aromatic heterocycles. The molecule has 0 amide bonds. The lowest BCUT2D eigenvalue weighted by molar-refractivity contribution is 1.27. The van der Waals surface area contributed by atoms with Gasteiger partial charge in [0.15, 0.2) is 0 Å². The third-order valence-corrected chi connectivity index (χ3v) is 17.3. The highest BCUT2D eigenvalue weighted by Crippen LogP contribution is 2.43. The predicted molar refractivity (Wildman–Crippen MR) is 360 cm³/mol. The molecule has 0 atom stereocenters. The van der Waals surface area contributed by atoms with Crippen molar-refractivity contribution in [3.05, 3.63) is 233 Å². The zero-order chi connectivity index (χ0) is 59.4. The maximum atomic E-state index is 5.71. The van der Waals surface area contributed by atoms with Crippen molar-refractivity contribution in [2.45, 2.75) is 104 Å². The van der Waals surface area contributed by atoms with Gasteiger partial charge in [0, 0.05) is 55.1 Å². The molecule has 0 fully saturated rings. The zero-order valence-electron chi connectivity index (χ0n) is 51.6. The monoisotopic (exact) mass is 1100 g/mol. The molecule has 11 aromatic rings. The molecule has 7 heterocycles. The van der Waals surface area contributed by atoms with Crippen LogP contribution in [-0.4, -0.2) is 29.9 Å². The molecule has 85 heavy (non-hydrogen) atoms. The van der Waals surface area contributed by atoms with E-state index in [1.807, 2.05) is 0 Å². The zero-order valence-corrected chi connectivity index (χ0v) is 51.6. The number of nitrogens with zero attached hydrogens (tertiary/aromatic N) is 4. The second kappa shape index (κ2) is 20.9. The average molecular weight is 1100 g/mol. The second-order valence-corrected chi connectivity index (χ2v) is 24.4. The number of hydrogen-bond acceptors (Lipinski definition) is 4. The average Bonchev–Trinajstić information content (AvgIpc) is 2.18. The molecule has 13 rings (SSSR count). The van der Waals surface area contributed by atoms with Gasteiger partial charge in [-0.3, -0.25) is 0 Å². The van der Waals surface area contributed by atoms with Gasteiger partial charge in [-0.15, -0.1) is 0 Å². The van der Waals surface area contributed by atoms with Gasteiger partial charge in [-0.25, -0.2) is 19.9 Å². The maximum Gasteiger partial charge on any atom is 0.0973 e. The number of H-pyrrole nitrogens is 2. The molecular formula is C79H70N6. The summed E-state index contributed by atoms with van der Waals surface area (Å²) >= 11 is 0. The number of pyridine rings is 2. The molecule has 2 N–H and O–H groups in total. The van der Waals surface area contributed by atoms with Crippen LogP contribution in [0.3, 0.4) is 0 Å². The molecular weight excluding hydrogens is 1030 g/mol. The van der Waals surface area contributed by atoms with Crippen molar-refractivity contribution in [2.24, 2.45) is 0 Å². The van der Waals surface area contributed by atoms with Gasteiger partial charge in [0.05, 0.1) is 61.8 Å². The first-order valence-electron chi connectivity index (χ1n) is 29.6. The largest absolute Gasteiger partial charge is 0.354 e. The van der Waals surface area contributed by atoms with E-state index >= 15 is 0 Å². The van der Waals surface area contributed by atoms with Crippen LogP contribution in [0.1, 0.15) is 117 Å². The topological polar surface area (TPSA) is 83.1 Å². The molecule has 416 valence electrons. The van der Waals surface area contributed by atoms with Crippen LogP contribution in [0.4, 0.5) is 0 Å². The van der Waals surface area contributed by atoms with Crippen LogP contribution in [0.2, 0.25) is 0 Å². The van der Waals surface area contributed by atoms with Crippen LogP contribution < -0.4 is 0 Å². The van der Waals surface area contributed by atoms with Crippen molar-refractivity contribution in [1.82, 2.24) is 29.9 Å². The fraction of sp³-hybridized carbons (Fsp3) is 0.190. The maximum absolute atomic E-state index is 5.71. The van der Waals surface area contributed by atoms with E-state index in [0.717, 1.165) is 139 Å². The highest BCUT2D eigenvalue weighted by molar-refractivity contribution is 6.06. The Morgan fingerprint density at radius 3 is 1.07 bits per heavy atom. The quantitative estimate of drug-likeness (QED) is 0.133. The van der Waals surface area contributed by atoms with E-state index in [1.165, 1.54) is 77.9 Å². The predicted octanol–water partition coefficient (Wildman–Crippen LogP) is 20.1. The lowest BCUT2D eigenvalue weighted by Crippen LogP contribution is -1.99. The number of aryl methyl sites for hydroxylation is 15. The van der Waals surface area contributed by atoms with Crippen LogP contribution in [0.15, 0.2) is 115 Å². The van der Waals surface area contributed by atoms with E-state index in [0.29, 0.717) is 0 Å². The Hall–Kier alpha value is -9.70. The Kier molecular flexibility index (Phi) is 13.4. The van der Waals surface area contributed by atoms with Gasteiger partial charge in [-0.2, -0.15) is 0 Å². The summed E-state index contributed by atoms with van der Waals surface area (Å²) in [6.45, 7) is 32.9. The minimum atomic E-state index is 0.758. The number of aromatic amines is 2. The van der Waals surface area contributed by atoms with E-state index < -0.39 is 0 Å². The second-order valence-electron chi connectivity index (χ2n) is 24.4. The molecule has 6 nitrogen and oxygen atoms in total. The summed E-state index contributed by atoms with van der Waals surface area (Å²) < 4.78 is 0. The van der Waals surface area contributed by atoms with Crippen LogP contribution in [0.25, 0.3) is 124 Å². The minimum absolute atomic E-state index is 0.758. The van der Waals surface area contributed by atoms with E-state index in [9.17, 15) is 0 Å². The first-order valence-corrected chi connectivity index (χ1v) is 29.6. The standard InChI is InChI=1S/C79H70N6/c1-41-30-46(6)69(47(7)31-41)62-21-19-56-16-17-58-40-57(77(85-79(58)78(56)84-62)73-54(14)38-45(5)39-55(73)15)18-20-59-60-22-24-63(80-60)74(70-48(8)32-42(2)33-49(70)9)65-26-28-67(82-65)76(72-52(12)36-44(4)37-53(72)13)68-29-27-66(83-68)75(64-25-23-61(59)81-64)71-50(10)34-43(3)35-51(71)11/h16-17,19,21-40,80,83H,1-15H3. The molecule has 0 aliphatic carbocycles. The molecule has 0 radical (unpaired) electrons. The summed E-state index contributed by atoms with van der Waals surface area (Å²) in [6.07, 6.45) is 8.71. The van der Waals surface area contributed by atoms with Crippen molar-refractivity contribution in [2.75, 3.05) is 0 Å². The summed E-state index contributed by atoms with van der Waals surface area (Å²) in [6, 6.07) is 42.4. The van der Waals surface area contributed by atoms with Crippen LogP contribution >= 0.6 is 0 Å². The Morgan fingerprint density at radius 1 is 0.282 bits per heavy atom. The number of benzene rings is 6. The number of nitrogens with one attached hydrogen (secondary N) is 2. The summed E-state index contributed by atoms with van der Waals surface area (Å²) in [4.78, 5) is 30.6. The third kappa shape index (κ3) is 9.58. The Balaban J connectivity index is 1.15. The summed E-state index contributed by atoms with van der Waals surface area (Å²) in [5.41, 5.74) is 38.9. The van der Waals surface area contributed by atoms with Crippen LogP contribution in [0, 0.1) is 116 Å². The SMILES string of the molecule is Cc1cc(C)c(-c2ccc3ccc4cc(C#Cc5c6nc(c(-c7c(C)cc(C)cc7C)c7ccc([nH]7)c(-c7c(C)cc(C)cc7C)c7nc(c(-c8c(C)cc(C)cc8C)c8ccc5[nH]8)C=C7)C=C6)c(-c5c(C)cc(C)cc5C)nc4c3n2)c(C)c1. The molecule has 0 spiro atoms. The first-order chi connectivity index (χ1) is 40.8. The van der Waals surface area contributed by atoms with E-state index in [2.05, 4.69) is 265 Å². The van der Waals surface area contributed by atoms with Crippen LogP contribution in [-0.2, 0) is 0 Å². The molecule has 0 unspecified atom stereocenters. The Morgan fingerprint density at radius 2 is 0.624 bits per heavy atom. The number of fused-ring (bicyclic) bond motifs is 11. The Bertz CT molecular complexity index is 4890. The molecule has 2 aliphatic rings. The number of rotatable bonds is 5. The lowest BCUT2D eigenvalue weighted by Gasteiger charge is -2.15. The van der Waals surface area contributed by atoms with Crippen molar-refractivity contribution in [3.63, 3.8) is 0 Å². The minimum Gasteiger partial charge on any atom is -0.354 e. The molecule has 0 saturated carbocycles. The molecule has 6 aromatic carbocycles. The third-order valence-electron chi connectivity index (χ3n) is 17.3. The van der Waals surface area contributed by atoms with Gasteiger partial charge in [-0.1, -0.05) is 119 Å². The molecule has 0 saturated heterocycles. The van der Waals surface area contributed by atoms with E-state index in [-0.39, 0.29) is 0 Å². The summed E-state index contributed by atoms with van der Waals surface area (Å²) in [5.74, 6) is 7.62. The van der Waals surface area contributed by atoms with Crippen molar-refractivity contribution in [3.8, 4) is 67.7 Å². The van der Waals surface area contributed by atoms with Gasteiger partial charge in [0.25, 0.3) is 0 Å². The highest BCUT2D eigenvalue weighted by atomic mass is 14.8. The fourth-order valence-corrected chi connectivity index (χ4v) is 14.4. The van der Waals surface area contributed by atoms with Gasteiger partial charge in [0.2, 0.25) is 0 Å². The van der Waals surface area contributed by atoms with Gasteiger partial charge < -0.3 is 9.97 Å². The Labute approximate surface area is 499 Å². The smallest absolute Gasteiger partial charge is 0.0973 e. The molecule has 6 heteroatoms. The van der Waals surface area contributed by atoms with Crippen molar-refractivity contribution >= 4 is 68.2 Å². The van der Waals surface area contributed by atoms with Gasteiger partial charge >= 0.3 is 0 Å². The lowest BCUT2D eigenvalue weighted by atomic mass is 9.92. The summed E-state index contributed by atoms with van der Waals surface area (Å²) in [7, 11) is 0. The van der Waals surface area contributed by atoms with Gasteiger partial charge in [-0.05, 0) is 237 Å². The fourth-order valence-electron chi connectivity index (χ4n) is 14.4. The summed E-state index contributed by atoms with van der Waals surface area (Å²) in [5, 5.41) is 2.00. The molecule has 2 aliphatic heterocycles. The highest BCUT2D eigenvalue weighted by Gasteiger charge is 2.24. The van der Waals surface area contributed by atoms with Crippen molar-refractivity contribution in [1.29, 1.82) is 0 Å². The van der Waals surface area contributed by atoms with Crippen molar-refractivity contribution < 1.29 is 0 Å². The molecule has 8 bridgehead atoms. The normalized spacial score (nSPS) is 12.0.